The van der Waals surface area contributed by atoms with Gasteiger partial charge in [-0.1, -0.05) is 19.6 Å². The van der Waals surface area contributed by atoms with Gasteiger partial charge < -0.3 is 10.2 Å². The third kappa shape index (κ3) is 2.07. The van der Waals surface area contributed by atoms with Crippen molar-refractivity contribution in [2.24, 2.45) is 22.7 Å². The Labute approximate surface area is 167 Å². The van der Waals surface area contributed by atoms with Crippen molar-refractivity contribution >= 4 is 17.3 Å². The minimum atomic E-state index is -2.48. The first-order chi connectivity index (χ1) is 13.4. The molecule has 0 unspecified atom stereocenters. The lowest BCUT2D eigenvalue weighted by Gasteiger charge is -2.59. The maximum atomic E-state index is 16.7. The van der Waals surface area contributed by atoms with E-state index in [-0.39, 0.29) is 24.0 Å². The summed E-state index contributed by atoms with van der Waals surface area (Å²) in [5, 5.41) is 20.6. The molecule has 0 spiro atoms. The molecule has 0 heterocycles. The standard InChI is InChI=1S/C22H24F2O5/c1-11-6-13-14-8-16(23)15-7-12(26)4-5-19(15,2)21(14,24)17(27)9-20(13,3)22(11,29)18(28)10-25/h4-5,7,13-14,16,25,29H,1,6,8-10H2,2-3H3/t13-,14-,16-,19-,20-,21-,22-/m0/s1. The molecule has 2 N–H and O–H groups in total. The second kappa shape index (κ2) is 5.79. The molecule has 4 aliphatic carbocycles. The maximum absolute atomic E-state index is 16.7. The maximum Gasteiger partial charge on any atom is 0.194 e. The van der Waals surface area contributed by atoms with E-state index >= 15 is 8.78 Å². The number of hydrogen-bond donors (Lipinski definition) is 2. The normalized spacial score (nSPS) is 48.7. The van der Waals surface area contributed by atoms with Gasteiger partial charge in [0.05, 0.1) is 5.41 Å². The Morgan fingerprint density at radius 2 is 1.97 bits per heavy atom. The van der Waals surface area contributed by atoms with Crippen molar-refractivity contribution in [3.8, 4) is 0 Å². The Morgan fingerprint density at radius 1 is 1.31 bits per heavy atom. The number of allylic oxidation sites excluding steroid dienone is 4. The lowest BCUT2D eigenvalue weighted by atomic mass is 9.45. The van der Waals surface area contributed by atoms with Crippen LogP contribution in [-0.4, -0.2) is 51.6 Å². The number of halogens is 2. The van der Waals surface area contributed by atoms with Gasteiger partial charge in [0.1, 0.15) is 12.8 Å². The van der Waals surface area contributed by atoms with Crippen molar-refractivity contribution in [1.82, 2.24) is 0 Å². The van der Waals surface area contributed by atoms with Crippen LogP contribution in [-0.2, 0) is 14.4 Å². The lowest BCUT2D eigenvalue weighted by molar-refractivity contribution is -0.184. The van der Waals surface area contributed by atoms with Crippen LogP contribution in [0.1, 0.15) is 33.1 Å². The predicted octanol–water partition coefficient (Wildman–Crippen LogP) is 1.97. The number of rotatable bonds is 2. The second-order valence-electron chi connectivity index (χ2n) is 9.28. The summed E-state index contributed by atoms with van der Waals surface area (Å²) in [5.74, 6) is -4.01. The van der Waals surface area contributed by atoms with Crippen LogP contribution < -0.4 is 0 Å². The van der Waals surface area contributed by atoms with E-state index in [1.54, 1.807) is 0 Å². The number of hydrogen-bond acceptors (Lipinski definition) is 5. The van der Waals surface area contributed by atoms with Crippen LogP contribution >= 0.6 is 0 Å². The highest BCUT2D eigenvalue weighted by Crippen LogP contribution is 2.69. The van der Waals surface area contributed by atoms with Crippen molar-refractivity contribution in [2.75, 3.05) is 6.61 Å². The average molecular weight is 406 g/mol. The first kappa shape index (κ1) is 20.3. The zero-order chi connectivity index (χ0) is 21.6. The van der Waals surface area contributed by atoms with E-state index < -0.39 is 70.5 Å². The van der Waals surface area contributed by atoms with Crippen LogP contribution in [0.2, 0.25) is 0 Å². The van der Waals surface area contributed by atoms with Gasteiger partial charge in [-0.2, -0.15) is 0 Å². The number of carbonyl (C=O) groups excluding carboxylic acids is 3. The van der Waals surface area contributed by atoms with Gasteiger partial charge in [-0.3, -0.25) is 14.4 Å². The van der Waals surface area contributed by atoms with Gasteiger partial charge in [-0.05, 0) is 49.0 Å². The molecule has 7 atom stereocenters. The number of aliphatic hydroxyl groups is 2. The largest absolute Gasteiger partial charge is 0.388 e. The van der Waals surface area contributed by atoms with E-state index in [9.17, 15) is 24.6 Å². The summed E-state index contributed by atoms with van der Waals surface area (Å²) in [4.78, 5) is 37.5. The summed E-state index contributed by atoms with van der Waals surface area (Å²) in [6.45, 7) is 5.78. The van der Waals surface area contributed by atoms with Crippen LogP contribution in [0.25, 0.3) is 0 Å². The molecule has 0 saturated heterocycles. The average Bonchev–Trinajstić information content (AvgIpc) is 2.86. The number of fused-ring (bicyclic) bond motifs is 5. The molecule has 0 aromatic carbocycles. The number of aliphatic hydroxyl groups excluding tert-OH is 1. The van der Waals surface area contributed by atoms with E-state index in [1.807, 2.05) is 0 Å². The van der Waals surface area contributed by atoms with Crippen LogP contribution in [0.4, 0.5) is 8.78 Å². The molecule has 0 aromatic heterocycles. The van der Waals surface area contributed by atoms with Gasteiger partial charge in [0, 0.05) is 17.8 Å². The fraction of sp³-hybridized carbons (Fsp3) is 0.591. The van der Waals surface area contributed by atoms with E-state index in [0.29, 0.717) is 0 Å². The fourth-order valence-electron chi connectivity index (χ4n) is 6.53. The molecule has 156 valence electrons. The Hall–Kier alpha value is -1.99. The summed E-state index contributed by atoms with van der Waals surface area (Å²) in [6.07, 6.45) is 1.14. The van der Waals surface area contributed by atoms with Gasteiger partial charge in [-0.25, -0.2) is 8.78 Å². The minimum absolute atomic E-state index is 0.0424. The SMILES string of the molecule is C=C1C[C@H]2[C@@H]3C[C@H](F)C4=CC(=O)C=C[C@]4(C)[C@@]3(F)C(=O)C[C@]2(C)[C@@]1(O)C(=O)CO. The molecule has 4 aliphatic rings. The lowest BCUT2D eigenvalue weighted by Crippen LogP contribution is -2.69. The van der Waals surface area contributed by atoms with Crippen molar-refractivity contribution in [1.29, 1.82) is 0 Å². The highest BCUT2D eigenvalue weighted by molar-refractivity contribution is 6.03. The second-order valence-corrected chi connectivity index (χ2v) is 9.28. The minimum Gasteiger partial charge on any atom is -0.388 e. The Balaban J connectivity index is 1.89. The summed E-state index contributed by atoms with van der Waals surface area (Å²) >= 11 is 0. The van der Waals surface area contributed by atoms with Crippen molar-refractivity contribution in [2.45, 2.75) is 50.6 Å². The molecular formula is C22H24F2O5. The molecule has 3 saturated carbocycles. The smallest absolute Gasteiger partial charge is 0.194 e. The highest BCUT2D eigenvalue weighted by Gasteiger charge is 2.76. The van der Waals surface area contributed by atoms with E-state index in [4.69, 9.17) is 0 Å². The molecule has 7 heteroatoms. The van der Waals surface area contributed by atoms with Crippen molar-refractivity contribution < 1.29 is 33.4 Å². The Bertz CT molecular complexity index is 922. The number of alkyl halides is 2. The molecule has 29 heavy (non-hydrogen) atoms. The van der Waals surface area contributed by atoms with E-state index in [0.717, 1.165) is 12.2 Å². The monoisotopic (exact) mass is 406 g/mol. The molecular weight excluding hydrogens is 382 g/mol. The summed E-state index contributed by atoms with van der Waals surface area (Å²) in [6, 6.07) is 0. The van der Waals surface area contributed by atoms with Crippen LogP contribution in [0.15, 0.2) is 36.0 Å². The quantitative estimate of drug-likeness (QED) is 0.685. The topological polar surface area (TPSA) is 91.7 Å². The Morgan fingerprint density at radius 3 is 2.59 bits per heavy atom. The molecule has 0 aromatic rings. The van der Waals surface area contributed by atoms with Crippen LogP contribution in [0.3, 0.4) is 0 Å². The van der Waals surface area contributed by atoms with Crippen molar-refractivity contribution in [3.05, 3.63) is 36.0 Å². The fourth-order valence-corrected chi connectivity index (χ4v) is 6.53. The molecule has 5 nitrogen and oxygen atoms in total. The third-order valence-corrected chi connectivity index (χ3v) is 8.13. The van der Waals surface area contributed by atoms with Gasteiger partial charge >= 0.3 is 0 Å². The molecule has 0 amide bonds. The Kier molecular flexibility index (Phi) is 4.05. The molecule has 4 rings (SSSR count). The number of Topliss-reactive ketones (excluding diaryl/α,β-unsaturated/α-hetero) is 2. The summed E-state index contributed by atoms with van der Waals surface area (Å²) in [7, 11) is 0. The first-order valence-corrected chi connectivity index (χ1v) is 9.74. The van der Waals surface area contributed by atoms with Gasteiger partial charge in [-0.15, -0.1) is 0 Å². The van der Waals surface area contributed by atoms with E-state index in [1.165, 1.54) is 19.9 Å². The summed E-state index contributed by atoms with van der Waals surface area (Å²) in [5.41, 5.74) is -7.60. The number of ketones is 3. The highest BCUT2D eigenvalue weighted by atomic mass is 19.1. The molecule has 0 aliphatic heterocycles. The van der Waals surface area contributed by atoms with Gasteiger partial charge in [0.25, 0.3) is 0 Å². The predicted molar refractivity (Wildman–Crippen MR) is 99.2 cm³/mol. The summed E-state index contributed by atoms with van der Waals surface area (Å²) < 4.78 is 31.9. The van der Waals surface area contributed by atoms with Gasteiger partial charge in [0.2, 0.25) is 0 Å². The van der Waals surface area contributed by atoms with Gasteiger partial charge in [0.15, 0.2) is 28.6 Å². The van der Waals surface area contributed by atoms with Crippen LogP contribution in [0, 0.1) is 22.7 Å². The zero-order valence-electron chi connectivity index (χ0n) is 16.4. The molecule has 3 fully saturated rings. The molecule has 0 radical (unpaired) electrons. The first-order valence-electron chi connectivity index (χ1n) is 9.74. The third-order valence-electron chi connectivity index (χ3n) is 8.13. The molecule has 0 bridgehead atoms. The van der Waals surface area contributed by atoms with Crippen LogP contribution in [0.5, 0.6) is 0 Å². The van der Waals surface area contributed by atoms with Crippen molar-refractivity contribution in [3.63, 3.8) is 0 Å². The van der Waals surface area contributed by atoms with E-state index in [2.05, 4.69) is 6.58 Å². The number of carbonyl (C=O) groups is 3. The zero-order valence-corrected chi connectivity index (χ0v) is 16.4.